The highest BCUT2D eigenvalue weighted by atomic mass is 35.5. The molecule has 0 unspecified atom stereocenters. The van der Waals surface area contributed by atoms with Crippen LogP contribution in [0.25, 0.3) is 11.1 Å². The van der Waals surface area contributed by atoms with E-state index in [0.29, 0.717) is 5.02 Å². The van der Waals surface area contributed by atoms with Crippen molar-refractivity contribution in [3.05, 3.63) is 99.8 Å². The van der Waals surface area contributed by atoms with Gasteiger partial charge in [0.2, 0.25) is 0 Å². The van der Waals surface area contributed by atoms with Crippen LogP contribution < -0.4 is 0 Å². The maximum atomic E-state index is 13.6. The molecule has 3 rings (SSSR count). The van der Waals surface area contributed by atoms with Crippen LogP contribution in [0, 0.1) is 5.82 Å². The molecule has 0 saturated carbocycles. The molecular weight excluding hydrogens is 371 g/mol. The summed E-state index contributed by atoms with van der Waals surface area (Å²) < 4.78 is 13.6. The molecule has 3 aromatic carbocycles. The molecule has 0 aliphatic heterocycles. The second-order valence-electron chi connectivity index (χ2n) is 6.83. The van der Waals surface area contributed by atoms with Gasteiger partial charge in [-0.15, -0.1) is 0 Å². The monoisotopic (exact) mass is 394 g/mol. The van der Waals surface area contributed by atoms with Gasteiger partial charge in [-0.05, 0) is 70.5 Å². The molecule has 0 spiro atoms. The van der Waals surface area contributed by atoms with Gasteiger partial charge >= 0.3 is 0 Å². The van der Waals surface area contributed by atoms with Gasteiger partial charge in [0.25, 0.3) is 0 Å². The molecule has 0 radical (unpaired) electrons. The Morgan fingerprint density at radius 1 is 0.893 bits per heavy atom. The molecule has 1 N–H and O–H groups in total. The third-order valence-corrected chi connectivity index (χ3v) is 5.16. The minimum atomic E-state index is -0.348. The number of halogens is 2. The lowest BCUT2D eigenvalue weighted by molar-refractivity contribution is 0.475. The van der Waals surface area contributed by atoms with Crippen molar-refractivity contribution < 1.29 is 9.50 Å². The van der Waals surface area contributed by atoms with E-state index in [-0.39, 0.29) is 11.6 Å². The second kappa shape index (κ2) is 9.07. The molecule has 0 bridgehead atoms. The summed E-state index contributed by atoms with van der Waals surface area (Å²) in [6.45, 7) is 4.24. The Hall–Kier alpha value is -2.58. The van der Waals surface area contributed by atoms with Crippen molar-refractivity contribution in [1.29, 1.82) is 0 Å². The summed E-state index contributed by atoms with van der Waals surface area (Å²) in [5.74, 6) is -0.126. The Morgan fingerprint density at radius 3 is 2.04 bits per heavy atom. The number of aryl methyl sites for hydroxylation is 1. The third-order valence-electron chi connectivity index (χ3n) is 4.85. The summed E-state index contributed by atoms with van der Waals surface area (Å²) in [4.78, 5) is 0. The van der Waals surface area contributed by atoms with Gasteiger partial charge in [-0.25, -0.2) is 4.39 Å². The van der Waals surface area contributed by atoms with Crippen LogP contribution in [0.1, 0.15) is 48.9 Å². The van der Waals surface area contributed by atoms with Gasteiger partial charge in [0.1, 0.15) is 11.6 Å². The number of phenols is 1. The predicted molar refractivity (Wildman–Crippen MR) is 116 cm³/mol. The fourth-order valence-electron chi connectivity index (χ4n) is 3.51. The maximum Gasteiger partial charge on any atom is 0.124 e. The molecule has 3 heteroatoms. The lowest BCUT2D eigenvalue weighted by Gasteiger charge is -2.18. The standard InChI is InChI=1S/C25H24ClFO/c1-3-5-17-6-8-18(9-7-17)25(19-10-13-21(28)14-11-19)22(4-2)23-15-12-20(27)16-24(23)26/h6-16,28H,3-5H2,1-2H3/b25-22+. The fraction of sp³-hybridized carbons (Fsp3) is 0.200. The Labute approximate surface area is 171 Å². The summed E-state index contributed by atoms with van der Waals surface area (Å²) in [6, 6.07) is 20.2. The molecule has 144 valence electrons. The number of hydrogen-bond donors (Lipinski definition) is 1. The molecule has 0 atom stereocenters. The summed E-state index contributed by atoms with van der Waals surface area (Å²) in [6.07, 6.45) is 2.88. The average Bonchev–Trinajstić information content (AvgIpc) is 2.69. The summed E-state index contributed by atoms with van der Waals surface area (Å²) in [7, 11) is 0. The first-order valence-corrected chi connectivity index (χ1v) is 9.98. The van der Waals surface area contributed by atoms with Crippen LogP contribution in [0.4, 0.5) is 4.39 Å². The van der Waals surface area contributed by atoms with E-state index in [1.165, 1.54) is 17.7 Å². The normalized spacial score (nSPS) is 12.0. The van der Waals surface area contributed by atoms with Gasteiger partial charge in [-0.1, -0.05) is 74.3 Å². The van der Waals surface area contributed by atoms with E-state index in [2.05, 4.69) is 38.1 Å². The molecule has 28 heavy (non-hydrogen) atoms. The predicted octanol–water partition coefficient (Wildman–Crippen LogP) is 7.51. The largest absolute Gasteiger partial charge is 0.508 e. The molecule has 0 aliphatic carbocycles. The topological polar surface area (TPSA) is 20.2 Å². The van der Waals surface area contributed by atoms with Crippen molar-refractivity contribution in [2.45, 2.75) is 33.1 Å². The van der Waals surface area contributed by atoms with Crippen molar-refractivity contribution in [3.63, 3.8) is 0 Å². The fourth-order valence-corrected chi connectivity index (χ4v) is 3.79. The summed E-state index contributed by atoms with van der Waals surface area (Å²) >= 11 is 6.40. The Balaban J connectivity index is 2.24. The van der Waals surface area contributed by atoms with Gasteiger partial charge in [-0.2, -0.15) is 0 Å². The maximum absolute atomic E-state index is 13.6. The molecule has 0 aliphatic rings. The minimum absolute atomic E-state index is 0.222. The lowest BCUT2D eigenvalue weighted by Crippen LogP contribution is -1.97. The number of allylic oxidation sites excluding steroid dienone is 1. The number of phenolic OH excluding ortho intramolecular Hbond substituents is 1. The molecule has 3 aromatic rings. The van der Waals surface area contributed by atoms with E-state index in [1.807, 2.05) is 12.1 Å². The van der Waals surface area contributed by atoms with Crippen LogP contribution in [0.5, 0.6) is 5.75 Å². The zero-order valence-electron chi connectivity index (χ0n) is 16.2. The van der Waals surface area contributed by atoms with Crippen LogP contribution >= 0.6 is 11.6 Å². The van der Waals surface area contributed by atoms with Crippen LogP contribution in [0.2, 0.25) is 5.02 Å². The SMILES string of the molecule is CCCc1ccc(/C(=C(/CC)c2ccc(F)cc2Cl)c2ccc(O)cc2)cc1. The van der Waals surface area contributed by atoms with Gasteiger partial charge in [0.15, 0.2) is 0 Å². The highest BCUT2D eigenvalue weighted by molar-refractivity contribution is 6.32. The van der Waals surface area contributed by atoms with E-state index in [9.17, 15) is 9.50 Å². The number of rotatable bonds is 6. The quantitative estimate of drug-likeness (QED) is 0.429. The Morgan fingerprint density at radius 2 is 1.50 bits per heavy atom. The Bertz CT molecular complexity index is 972. The van der Waals surface area contributed by atoms with E-state index in [4.69, 9.17) is 11.6 Å². The molecule has 1 nitrogen and oxygen atoms in total. The van der Waals surface area contributed by atoms with Gasteiger partial charge in [-0.3, -0.25) is 0 Å². The van der Waals surface area contributed by atoms with Crippen LogP contribution in [0.3, 0.4) is 0 Å². The zero-order chi connectivity index (χ0) is 20.1. The molecule has 0 amide bonds. The van der Waals surface area contributed by atoms with E-state index < -0.39 is 0 Å². The van der Waals surface area contributed by atoms with Gasteiger partial charge in [0.05, 0.1) is 5.02 Å². The number of aromatic hydroxyl groups is 1. The van der Waals surface area contributed by atoms with Gasteiger partial charge < -0.3 is 5.11 Å². The highest BCUT2D eigenvalue weighted by Crippen LogP contribution is 2.37. The first-order valence-electron chi connectivity index (χ1n) is 9.60. The molecule has 0 heterocycles. The first-order chi connectivity index (χ1) is 13.5. The molecule has 0 saturated heterocycles. The molecule has 0 aromatic heterocycles. The van der Waals surface area contributed by atoms with E-state index >= 15 is 0 Å². The van der Waals surface area contributed by atoms with E-state index in [1.54, 1.807) is 18.2 Å². The smallest absolute Gasteiger partial charge is 0.124 e. The van der Waals surface area contributed by atoms with Crippen LogP contribution in [-0.4, -0.2) is 5.11 Å². The minimum Gasteiger partial charge on any atom is -0.508 e. The Kier molecular flexibility index (Phi) is 6.53. The number of hydrogen-bond acceptors (Lipinski definition) is 1. The highest BCUT2D eigenvalue weighted by Gasteiger charge is 2.16. The average molecular weight is 395 g/mol. The van der Waals surface area contributed by atoms with Crippen molar-refractivity contribution in [2.75, 3.05) is 0 Å². The van der Waals surface area contributed by atoms with Crippen LogP contribution in [0.15, 0.2) is 66.7 Å². The second-order valence-corrected chi connectivity index (χ2v) is 7.23. The van der Waals surface area contributed by atoms with Gasteiger partial charge in [0, 0.05) is 0 Å². The van der Waals surface area contributed by atoms with Crippen LogP contribution in [-0.2, 0) is 6.42 Å². The van der Waals surface area contributed by atoms with E-state index in [0.717, 1.165) is 47.1 Å². The summed E-state index contributed by atoms with van der Waals surface area (Å²) in [5.41, 5.74) is 6.26. The van der Waals surface area contributed by atoms with Crippen molar-refractivity contribution in [3.8, 4) is 5.75 Å². The zero-order valence-corrected chi connectivity index (χ0v) is 16.9. The molecule has 0 fully saturated rings. The first kappa shape index (κ1) is 20.2. The third kappa shape index (κ3) is 4.45. The van der Waals surface area contributed by atoms with Crippen molar-refractivity contribution in [1.82, 2.24) is 0 Å². The number of benzene rings is 3. The molecular formula is C25H24ClFO. The van der Waals surface area contributed by atoms with Crippen molar-refractivity contribution in [2.24, 2.45) is 0 Å². The lowest BCUT2D eigenvalue weighted by atomic mass is 9.87. The van der Waals surface area contributed by atoms with Crippen molar-refractivity contribution >= 4 is 22.7 Å². The summed E-state index contributed by atoms with van der Waals surface area (Å²) in [5, 5.41) is 10.1.